The molecule has 0 aromatic rings. The van der Waals surface area contributed by atoms with Gasteiger partial charge >= 0.3 is 6.18 Å². The van der Waals surface area contributed by atoms with Gasteiger partial charge < -0.3 is 5.73 Å². The van der Waals surface area contributed by atoms with Crippen molar-refractivity contribution >= 4 is 10.2 Å². The smallest absolute Gasteiger partial charge is 0.330 e. The molecule has 0 aromatic heterocycles. The third-order valence-electron chi connectivity index (χ3n) is 2.85. The number of halogens is 3. The van der Waals surface area contributed by atoms with Gasteiger partial charge in [-0.3, -0.25) is 0 Å². The van der Waals surface area contributed by atoms with Gasteiger partial charge in [-0.1, -0.05) is 0 Å². The molecule has 0 saturated carbocycles. The number of nitrogens with two attached hydrogens (primary N) is 1. The zero-order valence-electron chi connectivity index (χ0n) is 9.91. The molecule has 1 aliphatic rings. The molecule has 5 nitrogen and oxygen atoms in total. The lowest BCUT2D eigenvalue weighted by Gasteiger charge is -2.31. The molecule has 18 heavy (non-hydrogen) atoms. The van der Waals surface area contributed by atoms with Gasteiger partial charge in [0.25, 0.3) is 10.2 Å². The summed E-state index contributed by atoms with van der Waals surface area (Å²) in [5, 5.41) is 0. The Morgan fingerprint density at radius 1 is 1.39 bits per heavy atom. The minimum Gasteiger partial charge on any atom is -0.330 e. The molecule has 0 aromatic carbocycles. The van der Waals surface area contributed by atoms with Gasteiger partial charge in [-0.15, -0.1) is 0 Å². The monoisotopic (exact) mass is 289 g/mol. The van der Waals surface area contributed by atoms with Crippen LogP contribution in [0.25, 0.3) is 0 Å². The molecule has 3 N–H and O–H groups in total. The van der Waals surface area contributed by atoms with Gasteiger partial charge in [0.05, 0.1) is 6.42 Å². The molecule has 0 bridgehead atoms. The topological polar surface area (TPSA) is 75.4 Å². The summed E-state index contributed by atoms with van der Waals surface area (Å²) in [6.45, 7) is 0.361. The normalized spacial score (nSPS) is 23.2. The van der Waals surface area contributed by atoms with E-state index in [9.17, 15) is 21.6 Å². The van der Waals surface area contributed by atoms with Crippen molar-refractivity contribution in [3.8, 4) is 0 Å². The lowest BCUT2D eigenvalue weighted by molar-refractivity contribution is -0.132. The van der Waals surface area contributed by atoms with E-state index in [1.165, 1.54) is 4.31 Å². The van der Waals surface area contributed by atoms with Gasteiger partial charge in [-0.05, 0) is 25.3 Å². The average molecular weight is 289 g/mol. The molecule has 0 aliphatic carbocycles. The fourth-order valence-electron chi connectivity index (χ4n) is 1.85. The summed E-state index contributed by atoms with van der Waals surface area (Å²) in [7, 11) is -3.82. The Morgan fingerprint density at radius 3 is 2.61 bits per heavy atom. The SMILES string of the molecule is NCC1CCCN(S(=O)(=O)NCCC(F)(F)F)C1. The van der Waals surface area contributed by atoms with E-state index in [-0.39, 0.29) is 12.5 Å². The maximum Gasteiger partial charge on any atom is 0.390 e. The number of nitrogens with one attached hydrogen (secondary N) is 1. The molecule has 1 aliphatic heterocycles. The van der Waals surface area contributed by atoms with Crippen LogP contribution in [0.5, 0.6) is 0 Å². The number of alkyl halides is 3. The molecule has 1 heterocycles. The predicted molar refractivity (Wildman–Crippen MR) is 60.9 cm³/mol. The number of nitrogens with zero attached hydrogens (tertiary/aromatic N) is 1. The Balaban J connectivity index is 2.47. The summed E-state index contributed by atoms with van der Waals surface area (Å²) in [6, 6.07) is 0. The molecule has 1 rings (SSSR count). The second-order valence-electron chi connectivity index (χ2n) is 4.37. The van der Waals surface area contributed by atoms with Crippen molar-refractivity contribution in [3.05, 3.63) is 0 Å². The minimum atomic E-state index is -4.36. The lowest BCUT2D eigenvalue weighted by Crippen LogP contribution is -2.47. The molecule has 0 spiro atoms. The van der Waals surface area contributed by atoms with Crippen LogP contribution < -0.4 is 10.5 Å². The van der Waals surface area contributed by atoms with Gasteiger partial charge in [-0.2, -0.15) is 25.9 Å². The van der Waals surface area contributed by atoms with Crippen LogP contribution in [0.3, 0.4) is 0 Å². The summed E-state index contributed by atoms with van der Waals surface area (Å²) in [6.07, 6.45) is -3.99. The summed E-state index contributed by atoms with van der Waals surface area (Å²) >= 11 is 0. The third kappa shape index (κ3) is 5.09. The van der Waals surface area contributed by atoms with Gasteiger partial charge in [-0.25, -0.2) is 4.72 Å². The molecule has 1 unspecified atom stereocenters. The molecule has 108 valence electrons. The number of rotatable bonds is 5. The second kappa shape index (κ2) is 6.18. The first kappa shape index (κ1) is 15.7. The Hall–Kier alpha value is -0.380. The second-order valence-corrected chi connectivity index (χ2v) is 6.12. The van der Waals surface area contributed by atoms with E-state index in [0.717, 1.165) is 6.42 Å². The minimum absolute atomic E-state index is 0.0814. The first-order chi connectivity index (χ1) is 8.24. The van der Waals surface area contributed by atoms with Crippen LogP contribution in [-0.4, -0.2) is 45.1 Å². The average Bonchev–Trinajstić information content (AvgIpc) is 2.27. The van der Waals surface area contributed by atoms with Gasteiger partial charge in [0.2, 0.25) is 0 Å². The highest BCUT2D eigenvalue weighted by Crippen LogP contribution is 2.20. The molecule has 1 fully saturated rings. The Bertz CT molecular complexity index is 359. The Morgan fingerprint density at radius 2 is 2.06 bits per heavy atom. The zero-order valence-corrected chi connectivity index (χ0v) is 10.7. The molecule has 0 radical (unpaired) electrons. The largest absolute Gasteiger partial charge is 0.390 e. The van der Waals surface area contributed by atoms with Gasteiger partial charge in [0, 0.05) is 19.6 Å². The van der Waals surface area contributed by atoms with Crippen molar-refractivity contribution in [3.63, 3.8) is 0 Å². The van der Waals surface area contributed by atoms with Crippen molar-refractivity contribution in [1.82, 2.24) is 9.03 Å². The molecule has 1 saturated heterocycles. The number of piperidine rings is 1. The van der Waals surface area contributed by atoms with Crippen LogP contribution >= 0.6 is 0 Å². The summed E-state index contributed by atoms with van der Waals surface area (Å²) in [5.41, 5.74) is 5.48. The van der Waals surface area contributed by atoms with Crippen LogP contribution in [0, 0.1) is 5.92 Å². The highest BCUT2D eigenvalue weighted by atomic mass is 32.2. The fourth-order valence-corrected chi connectivity index (χ4v) is 3.17. The summed E-state index contributed by atoms with van der Waals surface area (Å²) in [4.78, 5) is 0. The predicted octanol–water partition coefficient (Wildman–Crippen LogP) is 0.444. The molecular weight excluding hydrogens is 271 g/mol. The van der Waals surface area contributed by atoms with Crippen molar-refractivity contribution in [2.75, 3.05) is 26.2 Å². The molecule has 0 amide bonds. The Kier molecular flexibility index (Phi) is 5.38. The van der Waals surface area contributed by atoms with Crippen LogP contribution in [0.15, 0.2) is 0 Å². The maximum atomic E-state index is 11.9. The van der Waals surface area contributed by atoms with Gasteiger partial charge in [0.15, 0.2) is 0 Å². The van der Waals surface area contributed by atoms with E-state index in [0.29, 0.717) is 19.5 Å². The third-order valence-corrected chi connectivity index (χ3v) is 4.43. The van der Waals surface area contributed by atoms with Crippen molar-refractivity contribution < 1.29 is 21.6 Å². The first-order valence-electron chi connectivity index (χ1n) is 5.76. The summed E-state index contributed by atoms with van der Waals surface area (Å²) in [5.74, 6) is 0.0814. The number of hydrogen-bond acceptors (Lipinski definition) is 3. The van der Waals surface area contributed by atoms with E-state index in [2.05, 4.69) is 0 Å². The maximum absolute atomic E-state index is 11.9. The van der Waals surface area contributed by atoms with E-state index >= 15 is 0 Å². The van der Waals surface area contributed by atoms with Crippen molar-refractivity contribution in [2.45, 2.75) is 25.4 Å². The zero-order chi connectivity index (χ0) is 13.8. The van der Waals surface area contributed by atoms with Crippen LogP contribution in [-0.2, 0) is 10.2 Å². The van der Waals surface area contributed by atoms with Crippen LogP contribution in [0.1, 0.15) is 19.3 Å². The van der Waals surface area contributed by atoms with E-state index < -0.39 is 29.4 Å². The van der Waals surface area contributed by atoms with Crippen LogP contribution in [0.4, 0.5) is 13.2 Å². The molecule has 9 heteroatoms. The highest BCUT2D eigenvalue weighted by molar-refractivity contribution is 7.87. The first-order valence-corrected chi connectivity index (χ1v) is 7.20. The summed E-state index contributed by atoms with van der Waals surface area (Å²) < 4.78 is 62.4. The van der Waals surface area contributed by atoms with Crippen molar-refractivity contribution in [1.29, 1.82) is 0 Å². The molecule has 1 atom stereocenters. The standard InChI is InChI=1S/C9H18F3N3O2S/c10-9(11,12)3-4-14-18(16,17)15-5-1-2-8(6-13)7-15/h8,14H,1-7,13H2. The number of hydrogen-bond donors (Lipinski definition) is 2. The molecular formula is C9H18F3N3O2S. The lowest BCUT2D eigenvalue weighted by atomic mass is 10.0. The fraction of sp³-hybridized carbons (Fsp3) is 1.00. The van der Waals surface area contributed by atoms with E-state index in [1.807, 2.05) is 4.72 Å². The van der Waals surface area contributed by atoms with E-state index in [4.69, 9.17) is 5.73 Å². The highest BCUT2D eigenvalue weighted by Gasteiger charge is 2.30. The quantitative estimate of drug-likeness (QED) is 0.771. The Labute approximate surface area is 105 Å². The van der Waals surface area contributed by atoms with Crippen LogP contribution in [0.2, 0.25) is 0 Å². The van der Waals surface area contributed by atoms with E-state index in [1.54, 1.807) is 0 Å². The van der Waals surface area contributed by atoms with Crippen molar-refractivity contribution in [2.24, 2.45) is 11.7 Å². The van der Waals surface area contributed by atoms with Gasteiger partial charge in [0.1, 0.15) is 0 Å².